The minimum atomic E-state index is -1.46. The summed E-state index contributed by atoms with van der Waals surface area (Å²) >= 11 is 5.58. The van der Waals surface area contributed by atoms with Crippen LogP contribution in [0.2, 0.25) is 0 Å². The molecule has 0 aromatic heterocycles. The molecule has 1 aromatic carbocycles. The van der Waals surface area contributed by atoms with E-state index in [9.17, 15) is 0 Å². The molecule has 11 heavy (non-hydrogen) atoms. The molecule has 0 amide bonds. The number of hydrogen-bond acceptors (Lipinski definition) is 1. The molecule has 0 fully saturated rings. The predicted molar refractivity (Wildman–Crippen MR) is 50.5 cm³/mol. The zero-order chi connectivity index (χ0) is 8.43. The standard InChI is InChI=1S/C8H10ClOP/c1-6-3-4-8(11(9)10)7(2)5-6/h3-5,10H,1-2H3. The van der Waals surface area contributed by atoms with Crippen LogP contribution in [-0.2, 0) is 0 Å². The third kappa shape index (κ3) is 2.16. The normalized spacial score (nSPS) is 13.1. The van der Waals surface area contributed by atoms with Crippen LogP contribution in [0.15, 0.2) is 18.2 Å². The van der Waals surface area contributed by atoms with Gasteiger partial charge in [-0.05, 0) is 19.4 Å². The van der Waals surface area contributed by atoms with E-state index in [1.807, 2.05) is 32.0 Å². The molecule has 1 nitrogen and oxygen atoms in total. The Bertz CT molecular complexity index is 260. The SMILES string of the molecule is Cc1ccc(P(O)Cl)c(C)c1. The highest BCUT2D eigenvalue weighted by Gasteiger charge is 2.05. The third-order valence-electron chi connectivity index (χ3n) is 1.55. The molecule has 1 aromatic rings. The van der Waals surface area contributed by atoms with Crippen molar-refractivity contribution in [1.82, 2.24) is 0 Å². The van der Waals surface area contributed by atoms with Gasteiger partial charge in [-0.15, -0.1) is 0 Å². The molecule has 0 bridgehead atoms. The van der Waals surface area contributed by atoms with E-state index in [4.69, 9.17) is 16.1 Å². The minimum absolute atomic E-state index is 0.854. The molecule has 0 aliphatic carbocycles. The van der Waals surface area contributed by atoms with Gasteiger partial charge in [-0.2, -0.15) is 0 Å². The minimum Gasteiger partial charge on any atom is -0.356 e. The van der Waals surface area contributed by atoms with Crippen LogP contribution in [0, 0.1) is 13.8 Å². The highest BCUT2D eigenvalue weighted by molar-refractivity contribution is 7.85. The van der Waals surface area contributed by atoms with E-state index in [-0.39, 0.29) is 0 Å². The molecule has 0 spiro atoms. The average Bonchev–Trinajstić information content (AvgIpc) is 1.85. The Morgan fingerprint density at radius 1 is 1.36 bits per heavy atom. The molecule has 0 aliphatic rings. The van der Waals surface area contributed by atoms with Gasteiger partial charge in [-0.25, -0.2) is 0 Å². The van der Waals surface area contributed by atoms with E-state index in [0.29, 0.717) is 0 Å². The van der Waals surface area contributed by atoms with E-state index in [0.717, 1.165) is 10.9 Å². The van der Waals surface area contributed by atoms with Gasteiger partial charge in [0.25, 0.3) is 0 Å². The smallest absolute Gasteiger partial charge is 0.154 e. The molecule has 0 heterocycles. The van der Waals surface area contributed by atoms with Crippen LogP contribution >= 0.6 is 18.7 Å². The van der Waals surface area contributed by atoms with Crippen molar-refractivity contribution >= 4 is 24.0 Å². The molecule has 1 rings (SSSR count). The number of benzene rings is 1. The van der Waals surface area contributed by atoms with E-state index in [1.54, 1.807) is 0 Å². The van der Waals surface area contributed by atoms with E-state index >= 15 is 0 Å². The summed E-state index contributed by atoms with van der Waals surface area (Å²) in [6.07, 6.45) is 0. The van der Waals surface area contributed by atoms with Crippen molar-refractivity contribution in [2.24, 2.45) is 0 Å². The summed E-state index contributed by atoms with van der Waals surface area (Å²) in [6.45, 7) is 3.97. The first kappa shape index (κ1) is 8.99. The highest BCUT2D eigenvalue weighted by atomic mass is 35.7. The molecule has 1 N–H and O–H groups in total. The Morgan fingerprint density at radius 2 is 2.00 bits per heavy atom. The molecule has 0 aliphatic heterocycles. The lowest BCUT2D eigenvalue weighted by Gasteiger charge is -2.05. The fourth-order valence-electron chi connectivity index (χ4n) is 1.01. The fraction of sp³-hybridized carbons (Fsp3) is 0.250. The van der Waals surface area contributed by atoms with Crippen molar-refractivity contribution in [2.45, 2.75) is 13.8 Å². The number of hydrogen-bond donors (Lipinski definition) is 1. The van der Waals surface area contributed by atoms with Crippen LogP contribution in [0.1, 0.15) is 11.1 Å². The Balaban J connectivity index is 3.09. The third-order valence-corrected chi connectivity index (χ3v) is 3.00. The van der Waals surface area contributed by atoms with E-state index in [1.165, 1.54) is 5.56 Å². The van der Waals surface area contributed by atoms with Crippen molar-refractivity contribution in [1.29, 1.82) is 0 Å². The number of halogens is 1. The molecule has 3 heteroatoms. The maximum Gasteiger partial charge on any atom is 0.154 e. The first-order chi connectivity index (χ1) is 5.11. The van der Waals surface area contributed by atoms with Crippen LogP contribution in [0.3, 0.4) is 0 Å². The molecular weight excluding hydrogens is 179 g/mol. The predicted octanol–water partition coefficient (Wildman–Crippen LogP) is 2.47. The van der Waals surface area contributed by atoms with Crippen LogP contribution in [0.4, 0.5) is 0 Å². The van der Waals surface area contributed by atoms with Gasteiger partial charge >= 0.3 is 0 Å². The highest BCUT2D eigenvalue weighted by Crippen LogP contribution is 2.35. The zero-order valence-corrected chi connectivity index (χ0v) is 8.15. The monoisotopic (exact) mass is 188 g/mol. The van der Waals surface area contributed by atoms with Gasteiger partial charge in [0.15, 0.2) is 7.50 Å². The summed E-state index contributed by atoms with van der Waals surface area (Å²) < 4.78 is 0. The van der Waals surface area contributed by atoms with E-state index < -0.39 is 7.50 Å². The largest absolute Gasteiger partial charge is 0.356 e. The van der Waals surface area contributed by atoms with Gasteiger partial charge in [-0.1, -0.05) is 35.0 Å². The van der Waals surface area contributed by atoms with Gasteiger partial charge in [-0.3, -0.25) is 0 Å². The van der Waals surface area contributed by atoms with Crippen LogP contribution in [-0.4, -0.2) is 4.89 Å². The molecular formula is C8H10ClOP. The lowest BCUT2D eigenvalue weighted by Crippen LogP contribution is -2.01. The van der Waals surface area contributed by atoms with Crippen molar-refractivity contribution in [3.8, 4) is 0 Å². The molecule has 1 atom stereocenters. The maximum atomic E-state index is 9.13. The molecule has 0 radical (unpaired) electrons. The quantitative estimate of drug-likeness (QED) is 0.672. The second-order valence-corrected chi connectivity index (χ2v) is 4.51. The van der Waals surface area contributed by atoms with Gasteiger partial charge in [0.05, 0.1) is 0 Å². The summed E-state index contributed by atoms with van der Waals surface area (Å²) in [5.74, 6) is 0. The van der Waals surface area contributed by atoms with Crippen LogP contribution in [0.5, 0.6) is 0 Å². The van der Waals surface area contributed by atoms with Crippen molar-refractivity contribution < 1.29 is 4.89 Å². The van der Waals surface area contributed by atoms with Gasteiger partial charge in [0.2, 0.25) is 0 Å². The Morgan fingerprint density at radius 3 is 2.45 bits per heavy atom. The second-order valence-electron chi connectivity index (χ2n) is 2.55. The molecule has 0 saturated carbocycles. The number of rotatable bonds is 1. The van der Waals surface area contributed by atoms with Crippen molar-refractivity contribution in [2.75, 3.05) is 0 Å². The van der Waals surface area contributed by atoms with Crippen LogP contribution < -0.4 is 5.30 Å². The summed E-state index contributed by atoms with van der Waals surface area (Å²) in [5.41, 5.74) is 2.26. The van der Waals surface area contributed by atoms with Gasteiger partial charge < -0.3 is 4.89 Å². The fourth-order valence-corrected chi connectivity index (χ4v) is 2.13. The Hall–Kier alpha value is -0.100. The van der Waals surface area contributed by atoms with E-state index in [2.05, 4.69) is 0 Å². The van der Waals surface area contributed by atoms with Crippen LogP contribution in [0.25, 0.3) is 0 Å². The maximum absolute atomic E-state index is 9.13. The van der Waals surface area contributed by atoms with Gasteiger partial charge in [0, 0.05) is 5.30 Å². The summed E-state index contributed by atoms with van der Waals surface area (Å²) in [4.78, 5) is 9.13. The molecule has 0 saturated heterocycles. The first-order valence-corrected chi connectivity index (χ1v) is 5.53. The topological polar surface area (TPSA) is 20.2 Å². The summed E-state index contributed by atoms with van der Waals surface area (Å²) in [6, 6.07) is 5.85. The molecule has 1 unspecified atom stereocenters. The Kier molecular flexibility index (Phi) is 2.89. The lowest BCUT2D eigenvalue weighted by atomic mass is 10.2. The zero-order valence-electron chi connectivity index (χ0n) is 6.50. The van der Waals surface area contributed by atoms with Crippen molar-refractivity contribution in [3.63, 3.8) is 0 Å². The lowest BCUT2D eigenvalue weighted by molar-refractivity contribution is 0.649. The number of aryl methyl sites for hydroxylation is 2. The Labute approximate surface area is 72.6 Å². The van der Waals surface area contributed by atoms with Crippen molar-refractivity contribution in [3.05, 3.63) is 29.3 Å². The average molecular weight is 189 g/mol. The second kappa shape index (κ2) is 3.53. The van der Waals surface area contributed by atoms with Gasteiger partial charge in [0.1, 0.15) is 0 Å². The molecule has 60 valence electrons. The summed E-state index contributed by atoms with van der Waals surface area (Å²) in [5, 5.41) is 0.854. The summed E-state index contributed by atoms with van der Waals surface area (Å²) in [7, 11) is -1.46. The first-order valence-electron chi connectivity index (χ1n) is 3.33.